The Kier molecular flexibility index (Phi) is 2.32. The Morgan fingerprint density at radius 3 is 2.78 bits per heavy atom. The number of aryl methyl sites for hydroxylation is 1. The molecule has 4 aromatic rings. The number of hydrogen-bond acceptors (Lipinski definition) is 3. The van der Waals surface area contributed by atoms with E-state index in [1.807, 2.05) is 24.3 Å². The fraction of sp³-hybridized carbons (Fsp3) is 0.105. The summed E-state index contributed by atoms with van der Waals surface area (Å²) in [6.07, 6.45) is 0. The summed E-state index contributed by atoms with van der Waals surface area (Å²) in [7, 11) is 0. The molecule has 0 spiro atoms. The lowest BCUT2D eigenvalue weighted by atomic mass is 10.1. The number of benzene rings is 2. The molecule has 0 bridgehead atoms. The summed E-state index contributed by atoms with van der Waals surface area (Å²) in [5.74, 6) is 0.673. The molecule has 0 saturated carbocycles. The highest BCUT2D eigenvalue weighted by Crippen LogP contribution is 2.31. The molecule has 0 fully saturated rings. The number of hydrogen-bond donors (Lipinski definition) is 0. The second kappa shape index (κ2) is 4.26. The molecule has 1 aliphatic rings. The van der Waals surface area contributed by atoms with Gasteiger partial charge in [0.15, 0.2) is 5.82 Å². The third-order valence-electron chi connectivity index (χ3n) is 4.45. The van der Waals surface area contributed by atoms with Crippen molar-refractivity contribution in [2.75, 3.05) is 0 Å². The maximum Gasteiger partial charge on any atom is 0.262 e. The minimum absolute atomic E-state index is 0.00355. The molecule has 2 aromatic heterocycles. The van der Waals surface area contributed by atoms with E-state index in [0.717, 1.165) is 27.7 Å². The zero-order chi connectivity index (χ0) is 15.6. The van der Waals surface area contributed by atoms with E-state index in [4.69, 9.17) is 4.98 Å². The van der Waals surface area contributed by atoms with E-state index in [0.29, 0.717) is 17.8 Å². The summed E-state index contributed by atoms with van der Waals surface area (Å²) in [6, 6.07) is 15.8. The number of pyridine rings is 1. The minimum atomic E-state index is 0.00355. The molecule has 0 atom stereocenters. The Labute approximate surface area is 132 Å². The number of rotatable bonds is 0. The van der Waals surface area contributed by atoms with Crippen LogP contribution in [0.1, 0.15) is 11.1 Å². The molecule has 1 aliphatic heterocycles. The van der Waals surface area contributed by atoms with E-state index >= 15 is 0 Å². The van der Waals surface area contributed by atoms with Crippen LogP contribution < -0.4 is 5.56 Å². The first-order valence-corrected chi connectivity index (χ1v) is 7.61. The van der Waals surface area contributed by atoms with Crippen LogP contribution in [-0.4, -0.2) is 14.5 Å². The molecule has 0 unspecified atom stereocenters. The molecular formula is C19H13N3O. The fourth-order valence-electron chi connectivity index (χ4n) is 3.30. The molecule has 3 heterocycles. The zero-order valence-corrected chi connectivity index (χ0v) is 12.6. The van der Waals surface area contributed by atoms with Crippen molar-refractivity contribution in [1.29, 1.82) is 0 Å². The SMILES string of the molecule is Cc1ccc2cc3c(nc2c1)-c1nc2ccccc2c(=O)n1C3. The summed E-state index contributed by atoms with van der Waals surface area (Å²) in [5, 5.41) is 1.75. The van der Waals surface area contributed by atoms with E-state index in [2.05, 4.69) is 36.2 Å². The molecular weight excluding hydrogens is 286 g/mol. The minimum Gasteiger partial charge on any atom is -0.286 e. The highest BCUT2D eigenvalue weighted by molar-refractivity contribution is 5.85. The average Bonchev–Trinajstić information content (AvgIpc) is 2.91. The van der Waals surface area contributed by atoms with Gasteiger partial charge in [-0.3, -0.25) is 9.36 Å². The quantitative estimate of drug-likeness (QED) is 0.441. The van der Waals surface area contributed by atoms with Gasteiger partial charge in [0.2, 0.25) is 0 Å². The van der Waals surface area contributed by atoms with E-state index in [9.17, 15) is 4.79 Å². The van der Waals surface area contributed by atoms with Crippen molar-refractivity contribution in [3.8, 4) is 11.5 Å². The maximum absolute atomic E-state index is 12.7. The van der Waals surface area contributed by atoms with E-state index in [-0.39, 0.29) is 5.56 Å². The first kappa shape index (κ1) is 12.5. The van der Waals surface area contributed by atoms with Crippen molar-refractivity contribution < 1.29 is 0 Å². The molecule has 2 aromatic carbocycles. The normalized spacial score (nSPS) is 12.6. The predicted molar refractivity (Wildman–Crippen MR) is 90.6 cm³/mol. The number of nitrogens with zero attached hydrogens (tertiary/aromatic N) is 3. The predicted octanol–water partition coefficient (Wildman–Crippen LogP) is 3.28. The van der Waals surface area contributed by atoms with E-state index < -0.39 is 0 Å². The lowest BCUT2D eigenvalue weighted by Crippen LogP contribution is -2.20. The maximum atomic E-state index is 12.7. The molecule has 4 nitrogen and oxygen atoms in total. The average molecular weight is 299 g/mol. The second-order valence-electron chi connectivity index (χ2n) is 6.04. The molecule has 0 radical (unpaired) electrons. The van der Waals surface area contributed by atoms with Gasteiger partial charge in [-0.1, -0.05) is 24.3 Å². The summed E-state index contributed by atoms with van der Waals surface area (Å²) in [4.78, 5) is 22.2. The highest BCUT2D eigenvalue weighted by Gasteiger charge is 2.24. The van der Waals surface area contributed by atoms with Gasteiger partial charge in [-0.25, -0.2) is 9.97 Å². The Morgan fingerprint density at radius 2 is 1.87 bits per heavy atom. The third-order valence-corrected chi connectivity index (χ3v) is 4.45. The molecule has 0 aliphatic carbocycles. The summed E-state index contributed by atoms with van der Waals surface area (Å²) >= 11 is 0. The molecule has 0 saturated heterocycles. The van der Waals surface area contributed by atoms with Crippen LogP contribution in [0.25, 0.3) is 33.3 Å². The van der Waals surface area contributed by atoms with Crippen molar-refractivity contribution in [2.45, 2.75) is 13.5 Å². The van der Waals surface area contributed by atoms with Crippen LogP contribution in [-0.2, 0) is 6.54 Å². The van der Waals surface area contributed by atoms with Crippen LogP contribution in [0.2, 0.25) is 0 Å². The van der Waals surface area contributed by atoms with Gasteiger partial charge < -0.3 is 0 Å². The molecule has 5 rings (SSSR count). The summed E-state index contributed by atoms with van der Waals surface area (Å²) in [5.41, 5.74) is 4.73. The molecule has 110 valence electrons. The Hall–Kier alpha value is -3.01. The van der Waals surface area contributed by atoms with Gasteiger partial charge in [0.05, 0.1) is 23.0 Å². The van der Waals surface area contributed by atoms with Crippen molar-refractivity contribution in [3.63, 3.8) is 0 Å². The molecule has 0 amide bonds. The van der Waals surface area contributed by atoms with Crippen LogP contribution in [0, 0.1) is 6.92 Å². The number of fused-ring (bicyclic) bond motifs is 5. The molecule has 4 heteroatoms. The summed E-state index contributed by atoms with van der Waals surface area (Å²) in [6.45, 7) is 2.59. The smallest absolute Gasteiger partial charge is 0.262 e. The van der Waals surface area contributed by atoms with Gasteiger partial charge in [0.25, 0.3) is 5.56 Å². The third kappa shape index (κ3) is 1.69. The van der Waals surface area contributed by atoms with E-state index in [1.54, 1.807) is 4.57 Å². The van der Waals surface area contributed by atoms with E-state index in [1.165, 1.54) is 5.56 Å². The van der Waals surface area contributed by atoms with Crippen molar-refractivity contribution in [2.24, 2.45) is 0 Å². The van der Waals surface area contributed by atoms with Gasteiger partial charge >= 0.3 is 0 Å². The first-order chi connectivity index (χ1) is 11.2. The van der Waals surface area contributed by atoms with Gasteiger partial charge in [-0.15, -0.1) is 0 Å². The molecule has 23 heavy (non-hydrogen) atoms. The second-order valence-corrected chi connectivity index (χ2v) is 6.04. The summed E-state index contributed by atoms with van der Waals surface area (Å²) < 4.78 is 1.73. The molecule has 0 N–H and O–H groups in total. The Balaban J connectivity index is 1.87. The van der Waals surface area contributed by atoms with Crippen LogP contribution in [0.15, 0.2) is 53.3 Å². The van der Waals surface area contributed by atoms with Crippen LogP contribution in [0.5, 0.6) is 0 Å². The standard InChI is InChI=1S/C19H13N3O/c1-11-6-7-12-9-13-10-22-18(17(13)20-16(12)8-11)21-15-5-3-2-4-14(15)19(22)23/h2-9H,10H2,1H3. The van der Waals surface area contributed by atoms with Crippen molar-refractivity contribution in [1.82, 2.24) is 14.5 Å². The lowest BCUT2D eigenvalue weighted by Gasteiger charge is -2.04. The Bertz CT molecular complexity index is 1170. The van der Waals surface area contributed by atoms with Gasteiger partial charge in [0.1, 0.15) is 5.69 Å². The number of para-hydroxylation sites is 1. The fourth-order valence-corrected chi connectivity index (χ4v) is 3.30. The van der Waals surface area contributed by atoms with Gasteiger partial charge in [0, 0.05) is 10.9 Å². The highest BCUT2D eigenvalue weighted by atomic mass is 16.1. The van der Waals surface area contributed by atoms with Crippen molar-refractivity contribution in [3.05, 3.63) is 70.0 Å². The van der Waals surface area contributed by atoms with Crippen molar-refractivity contribution >= 4 is 21.8 Å². The largest absolute Gasteiger partial charge is 0.286 e. The number of aromatic nitrogens is 3. The van der Waals surface area contributed by atoms with Crippen LogP contribution in [0.3, 0.4) is 0 Å². The Morgan fingerprint density at radius 1 is 1.00 bits per heavy atom. The first-order valence-electron chi connectivity index (χ1n) is 7.61. The van der Waals surface area contributed by atoms with Gasteiger partial charge in [-0.2, -0.15) is 0 Å². The lowest BCUT2D eigenvalue weighted by molar-refractivity contribution is 0.797. The topological polar surface area (TPSA) is 47.8 Å². The van der Waals surface area contributed by atoms with Crippen LogP contribution >= 0.6 is 0 Å². The monoisotopic (exact) mass is 299 g/mol. The zero-order valence-electron chi connectivity index (χ0n) is 12.6. The van der Waals surface area contributed by atoms with Crippen LogP contribution in [0.4, 0.5) is 0 Å². The van der Waals surface area contributed by atoms with Gasteiger partial charge in [-0.05, 0) is 36.8 Å².